The number of nitrogens with zero attached hydrogens (tertiary/aromatic N) is 2. The van der Waals surface area contributed by atoms with E-state index in [0.717, 1.165) is 6.07 Å². The summed E-state index contributed by atoms with van der Waals surface area (Å²) in [6, 6.07) is 0.363. The van der Waals surface area contributed by atoms with Crippen LogP contribution in [0.25, 0.3) is 0 Å². The molecule has 1 heterocycles. The monoisotopic (exact) mass is 304 g/mol. The number of hydrogen-bond acceptors (Lipinski definition) is 4. The summed E-state index contributed by atoms with van der Waals surface area (Å²) < 4.78 is 40.7. The molecule has 2 rings (SSSR count). The van der Waals surface area contributed by atoms with Crippen LogP contribution in [0.3, 0.4) is 0 Å². The quantitative estimate of drug-likeness (QED) is 0.824. The van der Waals surface area contributed by atoms with Crippen molar-refractivity contribution in [2.75, 3.05) is 5.32 Å². The van der Waals surface area contributed by atoms with Gasteiger partial charge >= 0.3 is 0 Å². The van der Waals surface area contributed by atoms with Crippen LogP contribution in [0.5, 0.6) is 0 Å². The fourth-order valence-corrected chi connectivity index (χ4v) is 2.36. The second kappa shape index (κ2) is 5.46. The molecule has 1 unspecified atom stereocenters. The number of anilines is 1. The van der Waals surface area contributed by atoms with Crippen LogP contribution >= 0.6 is 11.6 Å². The van der Waals surface area contributed by atoms with E-state index in [0.29, 0.717) is 6.42 Å². The van der Waals surface area contributed by atoms with Crippen LogP contribution in [0, 0.1) is 17.1 Å². The zero-order valence-corrected chi connectivity index (χ0v) is 11.1. The van der Waals surface area contributed by atoms with Crippen LogP contribution in [0.2, 0.25) is 5.15 Å². The molecule has 1 aliphatic carbocycles. The summed E-state index contributed by atoms with van der Waals surface area (Å²) in [7, 11) is 0. The molecular weight excluding hydrogens is 293 g/mol. The molecule has 0 amide bonds. The van der Waals surface area contributed by atoms with E-state index in [-0.39, 0.29) is 29.4 Å². The fraction of sp³-hybridized carbons (Fsp3) is 0.500. The first kappa shape index (κ1) is 14.9. The first-order chi connectivity index (χ1) is 9.35. The largest absolute Gasteiger partial charge is 0.363 e. The average Bonchev–Trinajstić information content (AvgIpc) is 2.38. The van der Waals surface area contributed by atoms with Crippen molar-refractivity contribution in [2.45, 2.75) is 37.3 Å². The third-order valence-electron chi connectivity index (χ3n) is 3.32. The Bertz CT molecular complexity index is 558. The molecule has 3 N–H and O–H groups in total. The second-order valence-electron chi connectivity index (χ2n) is 4.70. The maximum absolute atomic E-state index is 13.7. The van der Waals surface area contributed by atoms with Gasteiger partial charge in [-0.15, -0.1) is 0 Å². The standard InChI is InChI=1S/C12H12ClF3N4/c13-10-6(5-17)4-7(14)11(20-10)19-8-2-1-3-12(15,16)9(8)18/h4,8-9H,1-3,18H2,(H,19,20)/t8?,9-/m1/s1. The number of hydrogen-bond donors (Lipinski definition) is 2. The van der Waals surface area contributed by atoms with Crippen LogP contribution in [-0.4, -0.2) is 23.0 Å². The van der Waals surface area contributed by atoms with Gasteiger partial charge in [0.2, 0.25) is 0 Å². The molecule has 108 valence electrons. The summed E-state index contributed by atoms with van der Waals surface area (Å²) in [6.45, 7) is 0. The minimum absolute atomic E-state index is 0.118. The van der Waals surface area contributed by atoms with Gasteiger partial charge in [0.05, 0.1) is 11.6 Å². The molecule has 2 atom stereocenters. The van der Waals surface area contributed by atoms with E-state index in [1.807, 2.05) is 0 Å². The van der Waals surface area contributed by atoms with Crippen molar-refractivity contribution in [3.8, 4) is 6.07 Å². The molecule has 0 aliphatic heterocycles. The minimum atomic E-state index is -3.00. The molecule has 1 aromatic heterocycles. The molecule has 0 saturated heterocycles. The third-order valence-corrected chi connectivity index (χ3v) is 3.61. The van der Waals surface area contributed by atoms with Gasteiger partial charge in [-0.2, -0.15) is 5.26 Å². The van der Waals surface area contributed by atoms with Crippen molar-refractivity contribution in [1.82, 2.24) is 4.98 Å². The van der Waals surface area contributed by atoms with Crippen LogP contribution in [0.1, 0.15) is 24.8 Å². The number of aromatic nitrogens is 1. The van der Waals surface area contributed by atoms with Crippen LogP contribution < -0.4 is 11.1 Å². The van der Waals surface area contributed by atoms with E-state index in [9.17, 15) is 13.2 Å². The summed E-state index contributed by atoms with van der Waals surface area (Å²) in [5.74, 6) is -4.10. The molecule has 0 radical (unpaired) electrons. The summed E-state index contributed by atoms with van der Waals surface area (Å²) >= 11 is 5.69. The highest BCUT2D eigenvalue weighted by molar-refractivity contribution is 6.30. The topological polar surface area (TPSA) is 74.7 Å². The normalized spacial score (nSPS) is 25.0. The van der Waals surface area contributed by atoms with E-state index in [1.54, 1.807) is 6.07 Å². The number of nitriles is 1. The third kappa shape index (κ3) is 2.81. The van der Waals surface area contributed by atoms with Crippen molar-refractivity contribution >= 4 is 17.4 Å². The molecule has 4 nitrogen and oxygen atoms in total. The number of rotatable bonds is 2. The van der Waals surface area contributed by atoms with Crippen LogP contribution in [-0.2, 0) is 0 Å². The Morgan fingerprint density at radius 2 is 2.25 bits per heavy atom. The Morgan fingerprint density at radius 3 is 2.90 bits per heavy atom. The Hall–Kier alpha value is -1.52. The molecule has 0 aromatic carbocycles. The number of nitrogens with one attached hydrogen (secondary N) is 1. The first-order valence-electron chi connectivity index (χ1n) is 6.01. The van der Waals surface area contributed by atoms with E-state index in [4.69, 9.17) is 22.6 Å². The van der Waals surface area contributed by atoms with E-state index < -0.39 is 23.8 Å². The minimum Gasteiger partial charge on any atom is -0.363 e. The summed E-state index contributed by atoms with van der Waals surface area (Å²) in [4.78, 5) is 3.68. The molecule has 20 heavy (non-hydrogen) atoms. The van der Waals surface area contributed by atoms with Crippen molar-refractivity contribution in [3.05, 3.63) is 22.6 Å². The van der Waals surface area contributed by atoms with Crippen LogP contribution in [0.15, 0.2) is 6.07 Å². The van der Waals surface area contributed by atoms with Gasteiger partial charge in [-0.25, -0.2) is 18.2 Å². The SMILES string of the molecule is N#Cc1cc(F)c(NC2CCCC(F)(F)[C@@H]2N)nc1Cl. The molecule has 0 bridgehead atoms. The Balaban J connectivity index is 2.22. The maximum Gasteiger partial charge on any atom is 0.264 e. The molecule has 1 saturated carbocycles. The van der Waals surface area contributed by atoms with Crippen molar-refractivity contribution in [3.63, 3.8) is 0 Å². The predicted molar refractivity (Wildman–Crippen MR) is 68.1 cm³/mol. The summed E-state index contributed by atoms with van der Waals surface area (Å²) in [5.41, 5.74) is 5.38. The lowest BCUT2D eigenvalue weighted by atomic mass is 9.87. The first-order valence-corrected chi connectivity index (χ1v) is 6.39. The average molecular weight is 305 g/mol. The number of halogens is 4. The van der Waals surface area contributed by atoms with Gasteiger partial charge in [0.25, 0.3) is 5.92 Å². The summed E-state index contributed by atoms with van der Waals surface area (Å²) in [6.07, 6.45) is 0.385. The highest BCUT2D eigenvalue weighted by Crippen LogP contribution is 2.34. The maximum atomic E-state index is 13.7. The number of pyridine rings is 1. The zero-order valence-electron chi connectivity index (χ0n) is 10.3. The van der Waals surface area contributed by atoms with Crippen molar-refractivity contribution < 1.29 is 13.2 Å². The molecule has 0 spiro atoms. The highest BCUT2D eigenvalue weighted by atomic mass is 35.5. The van der Waals surface area contributed by atoms with E-state index in [2.05, 4.69) is 10.3 Å². The summed E-state index contributed by atoms with van der Waals surface area (Å²) in [5, 5.41) is 11.1. The van der Waals surface area contributed by atoms with Gasteiger partial charge in [0.15, 0.2) is 11.6 Å². The van der Waals surface area contributed by atoms with Gasteiger partial charge < -0.3 is 11.1 Å². The fourth-order valence-electron chi connectivity index (χ4n) is 2.18. The lowest BCUT2D eigenvalue weighted by Gasteiger charge is -2.36. The Kier molecular flexibility index (Phi) is 4.06. The van der Waals surface area contributed by atoms with Crippen molar-refractivity contribution in [1.29, 1.82) is 5.26 Å². The molecule has 8 heteroatoms. The number of nitrogens with two attached hydrogens (primary N) is 1. The molecule has 1 aliphatic rings. The number of alkyl halides is 2. The van der Waals surface area contributed by atoms with Gasteiger partial charge in [0.1, 0.15) is 11.2 Å². The van der Waals surface area contributed by atoms with Gasteiger partial charge in [0, 0.05) is 12.5 Å². The molecular formula is C12H12ClF3N4. The Labute approximate surface area is 118 Å². The predicted octanol–water partition coefficient (Wildman–Crippen LogP) is 2.67. The molecule has 1 aromatic rings. The van der Waals surface area contributed by atoms with Gasteiger partial charge in [-0.05, 0) is 18.9 Å². The Morgan fingerprint density at radius 1 is 1.55 bits per heavy atom. The lowest BCUT2D eigenvalue weighted by molar-refractivity contribution is -0.0555. The van der Waals surface area contributed by atoms with Gasteiger partial charge in [-0.3, -0.25) is 0 Å². The second-order valence-corrected chi connectivity index (χ2v) is 5.06. The van der Waals surface area contributed by atoms with Crippen LogP contribution in [0.4, 0.5) is 19.0 Å². The lowest BCUT2D eigenvalue weighted by Crippen LogP contribution is -2.55. The van der Waals surface area contributed by atoms with E-state index >= 15 is 0 Å². The smallest absolute Gasteiger partial charge is 0.264 e. The molecule has 1 fully saturated rings. The highest BCUT2D eigenvalue weighted by Gasteiger charge is 2.44. The van der Waals surface area contributed by atoms with Gasteiger partial charge in [-0.1, -0.05) is 11.6 Å². The zero-order chi connectivity index (χ0) is 14.9. The van der Waals surface area contributed by atoms with E-state index in [1.165, 1.54) is 0 Å². The van der Waals surface area contributed by atoms with Crippen molar-refractivity contribution in [2.24, 2.45) is 5.73 Å².